The number of hydrogen-bond donors (Lipinski definition) is 0. The summed E-state index contributed by atoms with van der Waals surface area (Å²) in [5.41, 5.74) is 9.01. The van der Waals surface area contributed by atoms with Crippen LogP contribution in [0, 0.1) is 0 Å². The van der Waals surface area contributed by atoms with Crippen molar-refractivity contribution in [1.29, 1.82) is 0 Å². The van der Waals surface area contributed by atoms with Gasteiger partial charge in [-0.25, -0.2) is 9.97 Å². The monoisotopic (exact) mass is 773 g/mol. The molecule has 0 amide bonds. The Morgan fingerprint density at radius 1 is 0.407 bits per heavy atom. The number of hydrogen-bond acceptors (Lipinski definition) is 3. The van der Waals surface area contributed by atoms with E-state index in [0.717, 1.165) is 98.9 Å². The molecule has 0 aliphatic carbocycles. The fourth-order valence-corrected chi connectivity index (χ4v) is 11.6. The number of rotatable bonds is 7. The molecular formula is C54H36N3OP. The maximum absolute atomic E-state index is 15.5. The molecule has 0 spiro atoms. The summed E-state index contributed by atoms with van der Waals surface area (Å²) in [4.78, 5) is 10.8. The van der Waals surface area contributed by atoms with Crippen molar-refractivity contribution in [3.63, 3.8) is 0 Å². The fourth-order valence-electron chi connectivity index (χ4n) is 8.73. The van der Waals surface area contributed by atoms with Gasteiger partial charge in [0.15, 0.2) is 7.14 Å². The lowest BCUT2D eigenvalue weighted by Gasteiger charge is -2.22. The second-order valence-electron chi connectivity index (χ2n) is 14.8. The first kappa shape index (κ1) is 34.8. The van der Waals surface area contributed by atoms with Gasteiger partial charge in [0.05, 0.1) is 22.2 Å². The van der Waals surface area contributed by atoms with Gasteiger partial charge in [-0.2, -0.15) is 0 Å². The van der Waals surface area contributed by atoms with Crippen LogP contribution in [0.5, 0.6) is 0 Å². The number of aromatic nitrogens is 3. The molecule has 11 aromatic rings. The Morgan fingerprint density at radius 2 is 0.966 bits per heavy atom. The van der Waals surface area contributed by atoms with Crippen LogP contribution in [0.4, 0.5) is 0 Å². The van der Waals surface area contributed by atoms with Gasteiger partial charge in [-0.05, 0) is 57.6 Å². The summed E-state index contributed by atoms with van der Waals surface area (Å²) in [5.74, 6) is 0.883. The van der Waals surface area contributed by atoms with Crippen LogP contribution in [0.25, 0.3) is 82.9 Å². The van der Waals surface area contributed by atoms with Gasteiger partial charge in [-0.3, -0.25) is 4.57 Å². The zero-order valence-corrected chi connectivity index (χ0v) is 32.9. The minimum absolute atomic E-state index is 0.821. The van der Waals surface area contributed by atoms with Gasteiger partial charge in [0.25, 0.3) is 0 Å². The number of nitrogens with zero attached hydrogens (tertiary/aromatic N) is 3. The predicted molar refractivity (Wildman–Crippen MR) is 247 cm³/mol. The third-order valence-electron chi connectivity index (χ3n) is 11.5. The lowest BCUT2D eigenvalue weighted by atomic mass is 9.95. The van der Waals surface area contributed by atoms with Crippen LogP contribution in [-0.4, -0.2) is 14.5 Å². The summed E-state index contributed by atoms with van der Waals surface area (Å²) in [6, 6.07) is 74.7. The maximum Gasteiger partial charge on any atom is 0.171 e. The molecule has 0 radical (unpaired) electrons. The summed E-state index contributed by atoms with van der Waals surface area (Å²) in [5, 5.41) is 7.75. The number of fused-ring (bicyclic) bond motifs is 6. The Labute approximate surface area is 342 Å². The van der Waals surface area contributed by atoms with E-state index in [2.05, 4.69) is 138 Å². The Hall–Kier alpha value is -7.39. The van der Waals surface area contributed by atoms with Gasteiger partial charge in [0.2, 0.25) is 0 Å². The zero-order valence-electron chi connectivity index (χ0n) is 32.0. The summed E-state index contributed by atoms with van der Waals surface area (Å²) >= 11 is 0. The van der Waals surface area contributed by atoms with Crippen LogP contribution in [0.15, 0.2) is 218 Å². The molecule has 0 saturated carbocycles. The van der Waals surface area contributed by atoms with E-state index in [9.17, 15) is 0 Å². The molecule has 59 heavy (non-hydrogen) atoms. The van der Waals surface area contributed by atoms with Crippen LogP contribution in [0.2, 0.25) is 0 Å². The van der Waals surface area contributed by atoms with E-state index in [4.69, 9.17) is 9.97 Å². The third-order valence-corrected chi connectivity index (χ3v) is 14.6. The normalized spacial score (nSPS) is 11.8. The van der Waals surface area contributed by atoms with Gasteiger partial charge in [0, 0.05) is 43.5 Å². The molecule has 0 N–H and O–H groups in total. The molecule has 278 valence electrons. The number of imidazole rings is 1. The lowest BCUT2D eigenvalue weighted by molar-refractivity contribution is 0.592. The molecule has 5 heteroatoms. The summed E-state index contributed by atoms with van der Waals surface area (Å²) < 4.78 is 17.8. The van der Waals surface area contributed by atoms with E-state index in [1.807, 2.05) is 84.9 Å². The largest absolute Gasteiger partial charge is 0.309 e. The van der Waals surface area contributed by atoms with Gasteiger partial charge >= 0.3 is 0 Å². The highest BCUT2D eigenvalue weighted by molar-refractivity contribution is 7.85. The average Bonchev–Trinajstić information content (AvgIpc) is 3.72. The average molecular weight is 774 g/mol. The van der Waals surface area contributed by atoms with Crippen molar-refractivity contribution in [1.82, 2.24) is 14.5 Å². The van der Waals surface area contributed by atoms with Crippen molar-refractivity contribution in [2.45, 2.75) is 0 Å². The standard InChI is InChI=1S/C54H36N3OP/c58-59(41-21-9-3-10-22-41,42-23-11-4-12-24-42)50-36-34-43(44-25-13-14-27-46(44)50)37-29-31-38(32-30-37)52-51-47(45-26-15-16-28-48(45)55-52)33-35-49-53(51)56-54(39-17-5-1-6-18-39)57(49)40-19-7-2-8-20-40/h1-36H. The van der Waals surface area contributed by atoms with E-state index in [0.29, 0.717) is 0 Å². The predicted octanol–water partition coefficient (Wildman–Crippen LogP) is 12.5. The summed E-state index contributed by atoms with van der Waals surface area (Å²) in [7, 11) is -3.20. The molecule has 11 rings (SSSR count). The lowest BCUT2D eigenvalue weighted by Crippen LogP contribution is -2.25. The van der Waals surface area contributed by atoms with Gasteiger partial charge in [-0.15, -0.1) is 0 Å². The molecule has 0 atom stereocenters. The van der Waals surface area contributed by atoms with Crippen LogP contribution >= 0.6 is 7.14 Å². The van der Waals surface area contributed by atoms with Crippen molar-refractivity contribution in [3.05, 3.63) is 218 Å². The topological polar surface area (TPSA) is 47.8 Å². The molecule has 0 aliphatic rings. The molecule has 0 saturated heterocycles. The Morgan fingerprint density at radius 3 is 1.64 bits per heavy atom. The number of pyridine rings is 1. The van der Waals surface area contributed by atoms with Gasteiger partial charge in [-0.1, -0.05) is 188 Å². The van der Waals surface area contributed by atoms with Gasteiger partial charge in [0.1, 0.15) is 5.82 Å². The highest BCUT2D eigenvalue weighted by Crippen LogP contribution is 2.46. The Balaban J connectivity index is 1.10. The first-order chi connectivity index (χ1) is 29.2. The molecule has 0 aliphatic heterocycles. The van der Waals surface area contributed by atoms with Crippen LogP contribution in [-0.2, 0) is 4.57 Å². The molecule has 0 fully saturated rings. The number of benzene rings is 9. The highest BCUT2D eigenvalue weighted by atomic mass is 31.2. The Kier molecular flexibility index (Phi) is 8.39. The first-order valence-corrected chi connectivity index (χ1v) is 21.6. The first-order valence-electron chi connectivity index (χ1n) is 19.9. The SMILES string of the molecule is O=P(c1ccccc1)(c1ccccc1)c1ccc(-c2ccc(-c3nc4ccccc4c4ccc5c(nc(-c6ccccc6)n5-c5ccccc5)c34)cc2)c2ccccc12. The Bertz CT molecular complexity index is 3340. The van der Waals surface area contributed by atoms with Crippen LogP contribution in [0.3, 0.4) is 0 Å². The third kappa shape index (κ3) is 5.72. The minimum atomic E-state index is -3.20. The van der Waals surface area contributed by atoms with Gasteiger partial charge < -0.3 is 4.57 Å². The van der Waals surface area contributed by atoms with Crippen molar-refractivity contribution < 1.29 is 4.57 Å². The summed E-state index contributed by atoms with van der Waals surface area (Å²) in [6.45, 7) is 0. The minimum Gasteiger partial charge on any atom is -0.309 e. The number of para-hydroxylation sites is 2. The molecule has 2 heterocycles. The van der Waals surface area contributed by atoms with Crippen molar-refractivity contribution >= 4 is 66.5 Å². The molecule has 2 aromatic heterocycles. The van der Waals surface area contributed by atoms with Crippen molar-refractivity contribution in [2.24, 2.45) is 0 Å². The van der Waals surface area contributed by atoms with Crippen molar-refractivity contribution in [2.75, 3.05) is 0 Å². The molecule has 0 unspecified atom stereocenters. The smallest absolute Gasteiger partial charge is 0.171 e. The molecule has 0 bridgehead atoms. The maximum atomic E-state index is 15.5. The second kappa shape index (κ2) is 14.2. The van der Waals surface area contributed by atoms with Crippen LogP contribution < -0.4 is 15.9 Å². The van der Waals surface area contributed by atoms with E-state index in [1.54, 1.807) is 0 Å². The van der Waals surface area contributed by atoms with E-state index < -0.39 is 7.14 Å². The fraction of sp³-hybridized carbons (Fsp3) is 0. The molecule has 9 aromatic carbocycles. The van der Waals surface area contributed by atoms with E-state index in [1.165, 1.54) is 0 Å². The van der Waals surface area contributed by atoms with E-state index in [-0.39, 0.29) is 0 Å². The second-order valence-corrected chi connectivity index (χ2v) is 17.6. The quantitative estimate of drug-likeness (QED) is 0.120. The molecule has 4 nitrogen and oxygen atoms in total. The van der Waals surface area contributed by atoms with Crippen LogP contribution in [0.1, 0.15) is 0 Å². The highest BCUT2D eigenvalue weighted by Gasteiger charge is 2.31. The zero-order chi connectivity index (χ0) is 39.3. The van der Waals surface area contributed by atoms with E-state index >= 15 is 4.57 Å². The molecular weight excluding hydrogens is 738 g/mol. The van der Waals surface area contributed by atoms with Crippen molar-refractivity contribution in [3.8, 4) is 39.5 Å². The summed E-state index contributed by atoms with van der Waals surface area (Å²) in [6.07, 6.45) is 0.